The lowest BCUT2D eigenvalue weighted by molar-refractivity contribution is -0.119. The van der Waals surface area contributed by atoms with Crippen LogP contribution < -0.4 is 0 Å². The third kappa shape index (κ3) is 7.07. The summed E-state index contributed by atoms with van der Waals surface area (Å²) in [5, 5.41) is 0. The molecule has 0 saturated heterocycles. The summed E-state index contributed by atoms with van der Waals surface area (Å²) in [4.78, 5) is 13.5. The van der Waals surface area contributed by atoms with Gasteiger partial charge in [0.15, 0.2) is 0 Å². The normalized spacial score (nSPS) is 10.9. The summed E-state index contributed by atoms with van der Waals surface area (Å²) in [6.45, 7) is 9.02. The van der Waals surface area contributed by atoms with E-state index in [2.05, 4.69) is 18.7 Å². The highest BCUT2D eigenvalue weighted by molar-refractivity contribution is 5.80. The second-order valence-corrected chi connectivity index (χ2v) is 3.82. The second-order valence-electron chi connectivity index (χ2n) is 3.82. The number of nitrogens with zero attached hydrogens (tertiary/aromatic N) is 1. The van der Waals surface area contributed by atoms with Crippen LogP contribution in [0.1, 0.15) is 52.9 Å². The van der Waals surface area contributed by atoms with Gasteiger partial charge in [0.2, 0.25) is 0 Å². The van der Waals surface area contributed by atoms with Gasteiger partial charge in [0.25, 0.3) is 0 Å². The maximum Gasteiger partial charge on any atom is 0.146 e. The minimum absolute atomic E-state index is 0.363. The Balaban J connectivity index is 3.52. The first-order valence-electron chi connectivity index (χ1n) is 5.98. The molecule has 0 saturated carbocycles. The first kappa shape index (κ1) is 13.6. The van der Waals surface area contributed by atoms with Crippen molar-refractivity contribution in [3.05, 3.63) is 0 Å². The number of hydrogen-bond donors (Lipinski definition) is 0. The number of ketones is 1. The predicted octanol–water partition coefficient (Wildman–Crippen LogP) is 2.87. The first-order valence-corrected chi connectivity index (χ1v) is 5.98. The number of carbonyl (C=O) groups excluding carboxylic acids is 1. The van der Waals surface area contributed by atoms with Crippen LogP contribution in [0.3, 0.4) is 0 Å². The van der Waals surface area contributed by atoms with Crippen LogP contribution in [-0.4, -0.2) is 30.3 Å². The van der Waals surface area contributed by atoms with Gasteiger partial charge >= 0.3 is 0 Å². The van der Waals surface area contributed by atoms with E-state index in [-0.39, 0.29) is 0 Å². The van der Waals surface area contributed by atoms with Crippen LogP contribution in [0.25, 0.3) is 0 Å². The molecular weight excluding hydrogens is 174 g/mol. The standard InChI is InChI=1S/C12H25NO/c1-4-7-8-9-10-13(6-3)11-12(14)5-2/h4-11H2,1-3H3. The van der Waals surface area contributed by atoms with E-state index in [9.17, 15) is 4.79 Å². The van der Waals surface area contributed by atoms with Crippen LogP contribution in [0.5, 0.6) is 0 Å². The molecule has 84 valence electrons. The summed E-state index contributed by atoms with van der Waals surface area (Å²) < 4.78 is 0. The first-order chi connectivity index (χ1) is 6.74. The molecule has 2 nitrogen and oxygen atoms in total. The van der Waals surface area contributed by atoms with Gasteiger partial charge < -0.3 is 0 Å². The molecule has 0 aliphatic heterocycles. The highest BCUT2D eigenvalue weighted by atomic mass is 16.1. The zero-order chi connectivity index (χ0) is 10.8. The van der Waals surface area contributed by atoms with Gasteiger partial charge in [-0.15, -0.1) is 0 Å². The molecule has 0 bridgehead atoms. The van der Waals surface area contributed by atoms with Crippen LogP contribution in [0.2, 0.25) is 0 Å². The van der Waals surface area contributed by atoms with Crippen molar-refractivity contribution in [2.24, 2.45) is 0 Å². The molecule has 0 aromatic heterocycles. The Morgan fingerprint density at radius 2 is 1.79 bits per heavy atom. The Kier molecular flexibility index (Phi) is 8.95. The summed E-state index contributed by atoms with van der Waals surface area (Å²) in [5.41, 5.74) is 0. The van der Waals surface area contributed by atoms with E-state index in [1.54, 1.807) is 0 Å². The average molecular weight is 199 g/mol. The van der Waals surface area contributed by atoms with Crippen LogP contribution >= 0.6 is 0 Å². The van der Waals surface area contributed by atoms with Gasteiger partial charge in [-0.3, -0.25) is 9.69 Å². The van der Waals surface area contributed by atoms with E-state index >= 15 is 0 Å². The number of Topliss-reactive ketones (excluding diaryl/α,β-unsaturated/α-hetero) is 1. The molecule has 0 fully saturated rings. The Hall–Kier alpha value is -0.370. The Labute approximate surface area is 88.7 Å². The van der Waals surface area contributed by atoms with Crippen molar-refractivity contribution >= 4 is 5.78 Å². The van der Waals surface area contributed by atoms with Crippen molar-refractivity contribution in [1.29, 1.82) is 0 Å². The summed E-state index contributed by atoms with van der Waals surface area (Å²) in [6, 6.07) is 0. The number of unbranched alkanes of at least 4 members (excludes halogenated alkanes) is 3. The van der Waals surface area contributed by atoms with E-state index < -0.39 is 0 Å². The van der Waals surface area contributed by atoms with Crippen molar-refractivity contribution in [1.82, 2.24) is 4.90 Å². The molecule has 0 rings (SSSR count). The maximum absolute atomic E-state index is 11.2. The van der Waals surface area contributed by atoms with E-state index in [1.165, 1.54) is 25.7 Å². The van der Waals surface area contributed by atoms with Gasteiger partial charge in [0.1, 0.15) is 5.78 Å². The van der Waals surface area contributed by atoms with Gasteiger partial charge in [-0.1, -0.05) is 40.0 Å². The molecule has 0 atom stereocenters. The van der Waals surface area contributed by atoms with Gasteiger partial charge in [-0.05, 0) is 19.5 Å². The third-order valence-corrected chi connectivity index (χ3v) is 2.57. The number of hydrogen-bond acceptors (Lipinski definition) is 2. The molecule has 0 amide bonds. The van der Waals surface area contributed by atoms with Gasteiger partial charge in [-0.2, -0.15) is 0 Å². The summed E-state index contributed by atoms with van der Waals surface area (Å²) >= 11 is 0. The molecule has 0 spiro atoms. The largest absolute Gasteiger partial charge is 0.298 e. The molecule has 0 N–H and O–H groups in total. The molecule has 0 aromatic rings. The molecule has 0 aromatic carbocycles. The minimum Gasteiger partial charge on any atom is -0.298 e. The SMILES string of the molecule is CCCCCCN(CC)CC(=O)CC. The summed E-state index contributed by atoms with van der Waals surface area (Å²) in [5.74, 6) is 0.363. The fourth-order valence-electron chi connectivity index (χ4n) is 1.47. The van der Waals surface area contributed by atoms with Crippen molar-refractivity contribution in [3.8, 4) is 0 Å². The lowest BCUT2D eigenvalue weighted by Gasteiger charge is -2.18. The number of likely N-dealkylation sites (N-methyl/N-ethyl adjacent to an activating group) is 1. The fraction of sp³-hybridized carbons (Fsp3) is 0.917. The molecule has 0 radical (unpaired) electrons. The molecule has 14 heavy (non-hydrogen) atoms. The number of rotatable bonds is 9. The zero-order valence-electron chi connectivity index (χ0n) is 10.0. The molecule has 0 unspecified atom stereocenters. The van der Waals surface area contributed by atoms with E-state index in [0.29, 0.717) is 18.7 Å². The summed E-state index contributed by atoms with van der Waals surface area (Å²) in [7, 11) is 0. The van der Waals surface area contributed by atoms with Crippen LogP contribution in [-0.2, 0) is 4.79 Å². The van der Waals surface area contributed by atoms with Crippen molar-refractivity contribution in [2.45, 2.75) is 52.9 Å². The van der Waals surface area contributed by atoms with Crippen LogP contribution in [0.4, 0.5) is 0 Å². The molecule has 2 heteroatoms. The highest BCUT2D eigenvalue weighted by Crippen LogP contribution is 2.01. The average Bonchev–Trinajstić information content (AvgIpc) is 2.22. The van der Waals surface area contributed by atoms with E-state index in [4.69, 9.17) is 0 Å². The Bertz CT molecular complexity index is 145. The molecule has 0 aliphatic carbocycles. The third-order valence-electron chi connectivity index (χ3n) is 2.57. The maximum atomic E-state index is 11.2. The van der Waals surface area contributed by atoms with Gasteiger partial charge in [0, 0.05) is 6.42 Å². The Morgan fingerprint density at radius 3 is 2.29 bits per heavy atom. The second kappa shape index (κ2) is 9.20. The lowest BCUT2D eigenvalue weighted by Crippen LogP contribution is -2.30. The van der Waals surface area contributed by atoms with Gasteiger partial charge in [0.05, 0.1) is 6.54 Å². The quantitative estimate of drug-likeness (QED) is 0.532. The van der Waals surface area contributed by atoms with Crippen molar-refractivity contribution in [2.75, 3.05) is 19.6 Å². The highest BCUT2D eigenvalue weighted by Gasteiger charge is 2.06. The van der Waals surface area contributed by atoms with Crippen molar-refractivity contribution < 1.29 is 4.79 Å². The van der Waals surface area contributed by atoms with Gasteiger partial charge in [-0.25, -0.2) is 0 Å². The monoisotopic (exact) mass is 199 g/mol. The molecular formula is C12H25NO. The minimum atomic E-state index is 0.363. The molecule has 0 aliphatic rings. The molecule has 0 heterocycles. The smallest absolute Gasteiger partial charge is 0.146 e. The fourth-order valence-corrected chi connectivity index (χ4v) is 1.47. The lowest BCUT2D eigenvalue weighted by atomic mass is 10.2. The Morgan fingerprint density at radius 1 is 1.07 bits per heavy atom. The van der Waals surface area contributed by atoms with Crippen LogP contribution in [0, 0.1) is 0 Å². The zero-order valence-corrected chi connectivity index (χ0v) is 10.0. The topological polar surface area (TPSA) is 20.3 Å². The van der Waals surface area contributed by atoms with E-state index in [1.807, 2.05) is 6.92 Å². The summed E-state index contributed by atoms with van der Waals surface area (Å²) in [6.07, 6.45) is 5.80. The predicted molar refractivity (Wildman–Crippen MR) is 61.6 cm³/mol. The van der Waals surface area contributed by atoms with Crippen LogP contribution in [0.15, 0.2) is 0 Å². The number of carbonyl (C=O) groups is 1. The van der Waals surface area contributed by atoms with E-state index in [0.717, 1.165) is 13.1 Å². The van der Waals surface area contributed by atoms with Crippen molar-refractivity contribution in [3.63, 3.8) is 0 Å².